The van der Waals surface area contributed by atoms with Crippen LogP contribution in [0.2, 0.25) is 0 Å². The first kappa shape index (κ1) is 16.4. The molecule has 0 N–H and O–H groups in total. The SMILES string of the molecule is COc1ccc(C(C#N)=Cc2ccc(-c3ccccc3)o2)cc1OC. The Morgan fingerprint density at radius 3 is 2.40 bits per heavy atom. The summed E-state index contributed by atoms with van der Waals surface area (Å²) in [5.74, 6) is 2.57. The number of furan rings is 1. The van der Waals surface area contributed by atoms with Crippen LogP contribution in [0.3, 0.4) is 0 Å². The molecule has 0 atom stereocenters. The summed E-state index contributed by atoms with van der Waals surface area (Å²) in [6.07, 6.45) is 1.72. The number of methoxy groups -OCH3 is 2. The van der Waals surface area contributed by atoms with Crippen molar-refractivity contribution in [3.63, 3.8) is 0 Å². The number of nitrogens with zero attached hydrogens (tertiary/aromatic N) is 1. The van der Waals surface area contributed by atoms with Crippen LogP contribution in [0.5, 0.6) is 11.5 Å². The fourth-order valence-electron chi connectivity index (χ4n) is 2.51. The Balaban J connectivity index is 1.94. The van der Waals surface area contributed by atoms with Crippen molar-refractivity contribution in [2.45, 2.75) is 0 Å². The minimum absolute atomic E-state index is 0.481. The van der Waals surface area contributed by atoms with Crippen molar-refractivity contribution in [2.75, 3.05) is 14.2 Å². The molecule has 0 aliphatic heterocycles. The van der Waals surface area contributed by atoms with E-state index in [0.29, 0.717) is 22.8 Å². The van der Waals surface area contributed by atoms with E-state index in [1.54, 1.807) is 32.4 Å². The van der Waals surface area contributed by atoms with Gasteiger partial charge in [-0.1, -0.05) is 30.3 Å². The normalized spacial score (nSPS) is 11.0. The largest absolute Gasteiger partial charge is 0.493 e. The quantitative estimate of drug-likeness (QED) is 0.615. The van der Waals surface area contributed by atoms with Crippen molar-refractivity contribution >= 4 is 11.6 Å². The highest BCUT2D eigenvalue weighted by Gasteiger charge is 2.09. The molecule has 2 aromatic carbocycles. The van der Waals surface area contributed by atoms with Crippen molar-refractivity contribution in [2.24, 2.45) is 0 Å². The zero-order valence-electron chi connectivity index (χ0n) is 14.0. The number of hydrogen-bond donors (Lipinski definition) is 0. The molecule has 4 heteroatoms. The number of rotatable bonds is 5. The highest BCUT2D eigenvalue weighted by molar-refractivity contribution is 5.89. The van der Waals surface area contributed by atoms with Crippen LogP contribution < -0.4 is 9.47 Å². The summed E-state index contributed by atoms with van der Waals surface area (Å²) in [6, 6.07) is 21.1. The summed E-state index contributed by atoms with van der Waals surface area (Å²) in [4.78, 5) is 0. The molecule has 0 amide bonds. The Kier molecular flexibility index (Phi) is 4.87. The van der Waals surface area contributed by atoms with E-state index in [-0.39, 0.29) is 0 Å². The molecule has 1 heterocycles. The van der Waals surface area contributed by atoms with Gasteiger partial charge >= 0.3 is 0 Å². The van der Waals surface area contributed by atoms with E-state index < -0.39 is 0 Å². The fourth-order valence-corrected chi connectivity index (χ4v) is 2.51. The predicted octanol–water partition coefficient (Wildman–Crippen LogP) is 5.03. The van der Waals surface area contributed by atoms with E-state index in [2.05, 4.69) is 6.07 Å². The molecule has 0 unspecified atom stereocenters. The van der Waals surface area contributed by atoms with Crippen molar-refractivity contribution in [1.82, 2.24) is 0 Å². The van der Waals surface area contributed by atoms with E-state index in [1.165, 1.54) is 0 Å². The first-order valence-electron chi connectivity index (χ1n) is 7.74. The zero-order chi connectivity index (χ0) is 17.6. The lowest BCUT2D eigenvalue weighted by Crippen LogP contribution is -1.92. The van der Waals surface area contributed by atoms with Gasteiger partial charge in [-0.25, -0.2) is 0 Å². The average Bonchev–Trinajstić information content (AvgIpc) is 3.15. The van der Waals surface area contributed by atoms with Gasteiger partial charge in [0.1, 0.15) is 11.5 Å². The van der Waals surface area contributed by atoms with Crippen LogP contribution in [0.1, 0.15) is 11.3 Å². The van der Waals surface area contributed by atoms with Crippen LogP contribution in [0.25, 0.3) is 23.0 Å². The van der Waals surface area contributed by atoms with Gasteiger partial charge in [-0.15, -0.1) is 0 Å². The van der Waals surface area contributed by atoms with Crippen LogP contribution in [-0.2, 0) is 0 Å². The lowest BCUT2D eigenvalue weighted by Gasteiger charge is -2.08. The Labute approximate surface area is 146 Å². The van der Waals surface area contributed by atoms with E-state index in [4.69, 9.17) is 13.9 Å². The number of allylic oxidation sites excluding steroid dienone is 1. The highest BCUT2D eigenvalue weighted by atomic mass is 16.5. The van der Waals surface area contributed by atoms with E-state index in [1.807, 2.05) is 48.5 Å². The predicted molar refractivity (Wildman–Crippen MR) is 97.2 cm³/mol. The maximum atomic E-state index is 9.52. The number of benzene rings is 2. The zero-order valence-corrected chi connectivity index (χ0v) is 14.0. The lowest BCUT2D eigenvalue weighted by molar-refractivity contribution is 0.355. The third-order valence-corrected chi connectivity index (χ3v) is 3.79. The molecule has 3 aromatic rings. The molecule has 0 saturated carbocycles. The summed E-state index contributed by atoms with van der Waals surface area (Å²) in [6.45, 7) is 0. The first-order valence-corrected chi connectivity index (χ1v) is 7.74. The van der Waals surface area contributed by atoms with Gasteiger partial charge < -0.3 is 13.9 Å². The van der Waals surface area contributed by atoms with Gasteiger partial charge in [0.25, 0.3) is 0 Å². The maximum Gasteiger partial charge on any atom is 0.161 e. The Morgan fingerprint density at radius 2 is 1.72 bits per heavy atom. The number of ether oxygens (including phenoxy) is 2. The lowest BCUT2D eigenvalue weighted by atomic mass is 10.1. The van der Waals surface area contributed by atoms with Gasteiger partial charge in [-0.2, -0.15) is 5.26 Å². The molecule has 124 valence electrons. The third kappa shape index (κ3) is 3.56. The topological polar surface area (TPSA) is 55.4 Å². The molecule has 0 aliphatic rings. The summed E-state index contributed by atoms with van der Waals surface area (Å²) in [5, 5.41) is 9.52. The number of nitriles is 1. The molecule has 0 bridgehead atoms. The minimum Gasteiger partial charge on any atom is -0.493 e. The standard InChI is InChI=1S/C21H17NO3/c1-23-20-10-8-16(13-21(20)24-2)17(14-22)12-18-9-11-19(25-18)15-6-4-3-5-7-15/h3-13H,1-2H3. The maximum absolute atomic E-state index is 9.52. The molecule has 25 heavy (non-hydrogen) atoms. The summed E-state index contributed by atoms with van der Waals surface area (Å²) < 4.78 is 16.4. The first-order chi connectivity index (χ1) is 12.2. The second-order valence-electron chi connectivity index (χ2n) is 5.31. The van der Waals surface area contributed by atoms with E-state index in [0.717, 1.165) is 16.9 Å². The molecule has 0 aliphatic carbocycles. The summed E-state index contributed by atoms with van der Waals surface area (Å²) in [5.41, 5.74) is 2.21. The molecule has 1 aromatic heterocycles. The second-order valence-corrected chi connectivity index (χ2v) is 5.31. The Morgan fingerprint density at radius 1 is 0.960 bits per heavy atom. The molecule has 0 saturated heterocycles. The third-order valence-electron chi connectivity index (χ3n) is 3.79. The second kappa shape index (κ2) is 7.41. The fraction of sp³-hybridized carbons (Fsp3) is 0.0952. The monoisotopic (exact) mass is 331 g/mol. The van der Waals surface area contributed by atoms with Gasteiger partial charge in [-0.3, -0.25) is 0 Å². The average molecular weight is 331 g/mol. The molecule has 0 fully saturated rings. The van der Waals surface area contributed by atoms with Crippen LogP contribution >= 0.6 is 0 Å². The molecular weight excluding hydrogens is 314 g/mol. The van der Waals surface area contributed by atoms with Gasteiger partial charge in [0.05, 0.1) is 25.9 Å². The van der Waals surface area contributed by atoms with Gasteiger partial charge in [-0.05, 0) is 42.0 Å². The van der Waals surface area contributed by atoms with E-state index >= 15 is 0 Å². The number of hydrogen-bond acceptors (Lipinski definition) is 4. The van der Waals surface area contributed by atoms with Crippen LogP contribution in [-0.4, -0.2) is 14.2 Å². The highest BCUT2D eigenvalue weighted by Crippen LogP contribution is 2.31. The molecule has 4 nitrogen and oxygen atoms in total. The molecule has 0 radical (unpaired) electrons. The summed E-state index contributed by atoms with van der Waals surface area (Å²) >= 11 is 0. The van der Waals surface area contributed by atoms with Crippen molar-refractivity contribution in [1.29, 1.82) is 5.26 Å². The van der Waals surface area contributed by atoms with Crippen LogP contribution in [0.4, 0.5) is 0 Å². The van der Waals surface area contributed by atoms with Gasteiger partial charge in [0, 0.05) is 5.56 Å². The molecular formula is C21H17NO3. The minimum atomic E-state index is 0.481. The van der Waals surface area contributed by atoms with Crippen LogP contribution in [0.15, 0.2) is 65.1 Å². The Bertz CT molecular complexity index is 933. The molecule has 0 spiro atoms. The van der Waals surface area contributed by atoms with Crippen LogP contribution in [0, 0.1) is 11.3 Å². The van der Waals surface area contributed by atoms with Crippen molar-refractivity contribution in [3.8, 4) is 28.9 Å². The summed E-state index contributed by atoms with van der Waals surface area (Å²) in [7, 11) is 3.14. The van der Waals surface area contributed by atoms with Gasteiger partial charge in [0.2, 0.25) is 0 Å². The van der Waals surface area contributed by atoms with Crippen molar-refractivity contribution < 1.29 is 13.9 Å². The van der Waals surface area contributed by atoms with Crippen molar-refractivity contribution in [3.05, 3.63) is 72.0 Å². The van der Waals surface area contributed by atoms with E-state index in [9.17, 15) is 5.26 Å². The smallest absolute Gasteiger partial charge is 0.161 e. The Hall–Kier alpha value is -3.45. The van der Waals surface area contributed by atoms with Gasteiger partial charge in [0.15, 0.2) is 11.5 Å². The molecule has 3 rings (SSSR count).